The van der Waals surface area contributed by atoms with Gasteiger partial charge in [-0.3, -0.25) is 0 Å². The molecule has 0 aliphatic carbocycles. The molecular formula is C13H15N5. The molecule has 0 unspecified atom stereocenters. The lowest BCUT2D eigenvalue weighted by molar-refractivity contribution is 0.761. The van der Waals surface area contributed by atoms with Crippen molar-refractivity contribution >= 4 is 11.4 Å². The zero-order valence-corrected chi connectivity index (χ0v) is 10.5. The Bertz CT molecular complexity index is 594. The summed E-state index contributed by atoms with van der Waals surface area (Å²) in [6.45, 7) is 0.679. The van der Waals surface area contributed by atoms with Gasteiger partial charge in [-0.2, -0.15) is 5.26 Å². The highest BCUT2D eigenvalue weighted by Gasteiger charge is 2.07. The van der Waals surface area contributed by atoms with Crippen molar-refractivity contribution in [3.63, 3.8) is 0 Å². The second-order valence-electron chi connectivity index (χ2n) is 4.19. The minimum absolute atomic E-state index is 0.499. The largest absolute Gasteiger partial charge is 0.398 e. The number of aromatic nitrogens is 2. The fourth-order valence-corrected chi connectivity index (χ4v) is 1.73. The van der Waals surface area contributed by atoms with Gasteiger partial charge in [0, 0.05) is 37.9 Å². The molecule has 0 radical (unpaired) electrons. The van der Waals surface area contributed by atoms with Gasteiger partial charge in [-0.05, 0) is 18.2 Å². The predicted octanol–water partition coefficient (Wildman–Crippen LogP) is 1.51. The van der Waals surface area contributed by atoms with Crippen LogP contribution in [-0.4, -0.2) is 16.6 Å². The van der Waals surface area contributed by atoms with Crippen LogP contribution in [-0.2, 0) is 13.6 Å². The highest BCUT2D eigenvalue weighted by Crippen LogP contribution is 2.20. The van der Waals surface area contributed by atoms with Crippen molar-refractivity contribution in [2.75, 3.05) is 17.7 Å². The number of aryl methyl sites for hydroxylation is 1. The van der Waals surface area contributed by atoms with Gasteiger partial charge in [-0.1, -0.05) is 0 Å². The van der Waals surface area contributed by atoms with E-state index >= 15 is 0 Å². The molecule has 2 aromatic rings. The number of nitrogens with two attached hydrogens (primary N) is 1. The van der Waals surface area contributed by atoms with Crippen LogP contribution in [0.4, 0.5) is 11.4 Å². The molecule has 0 bridgehead atoms. The summed E-state index contributed by atoms with van der Waals surface area (Å²) in [5.74, 6) is 0.966. The maximum Gasteiger partial charge on any atom is 0.127 e. The Hall–Kier alpha value is -2.48. The summed E-state index contributed by atoms with van der Waals surface area (Å²) in [6, 6.07) is 7.53. The first-order chi connectivity index (χ1) is 8.61. The Morgan fingerprint density at radius 3 is 2.89 bits per heavy atom. The molecule has 1 heterocycles. The van der Waals surface area contributed by atoms with Crippen molar-refractivity contribution in [1.29, 1.82) is 5.26 Å². The van der Waals surface area contributed by atoms with E-state index in [0.29, 0.717) is 17.8 Å². The summed E-state index contributed by atoms with van der Waals surface area (Å²) in [5, 5.41) is 8.96. The van der Waals surface area contributed by atoms with E-state index in [9.17, 15) is 0 Å². The molecule has 0 aliphatic heterocycles. The maximum atomic E-state index is 8.96. The number of nitrogens with zero attached hydrogens (tertiary/aromatic N) is 4. The first-order valence-electron chi connectivity index (χ1n) is 5.59. The predicted molar refractivity (Wildman–Crippen MR) is 70.9 cm³/mol. The number of nitriles is 1. The van der Waals surface area contributed by atoms with Crippen molar-refractivity contribution < 1.29 is 0 Å². The highest BCUT2D eigenvalue weighted by atomic mass is 15.2. The van der Waals surface area contributed by atoms with E-state index in [0.717, 1.165) is 11.5 Å². The Morgan fingerprint density at radius 1 is 1.50 bits per heavy atom. The summed E-state index contributed by atoms with van der Waals surface area (Å²) in [6.07, 6.45) is 3.68. The highest BCUT2D eigenvalue weighted by molar-refractivity contribution is 5.62. The molecule has 2 rings (SSSR count). The lowest BCUT2D eigenvalue weighted by Gasteiger charge is -2.19. The van der Waals surface area contributed by atoms with Crippen LogP contribution >= 0.6 is 0 Å². The molecule has 5 nitrogen and oxygen atoms in total. The summed E-state index contributed by atoms with van der Waals surface area (Å²) >= 11 is 0. The van der Waals surface area contributed by atoms with E-state index in [4.69, 9.17) is 11.0 Å². The fraction of sp³-hybridized carbons (Fsp3) is 0.231. The van der Waals surface area contributed by atoms with Crippen molar-refractivity contribution in [2.24, 2.45) is 7.05 Å². The van der Waals surface area contributed by atoms with Gasteiger partial charge < -0.3 is 15.2 Å². The number of anilines is 2. The van der Waals surface area contributed by atoms with Gasteiger partial charge in [0.2, 0.25) is 0 Å². The quantitative estimate of drug-likeness (QED) is 0.827. The van der Waals surface area contributed by atoms with Crippen molar-refractivity contribution in [3.8, 4) is 6.07 Å². The number of benzene rings is 1. The number of nitrogen functional groups attached to an aromatic ring is 1. The SMILES string of the molecule is CN(Cc1nccn1C)c1ccc(N)c(C#N)c1. The second-order valence-corrected chi connectivity index (χ2v) is 4.19. The monoisotopic (exact) mass is 241 g/mol. The van der Waals surface area contributed by atoms with E-state index in [1.165, 1.54) is 0 Å². The van der Waals surface area contributed by atoms with Gasteiger partial charge in [0.1, 0.15) is 11.9 Å². The first kappa shape index (κ1) is 12.0. The summed E-state index contributed by atoms with van der Waals surface area (Å²) < 4.78 is 1.97. The Labute approximate surface area is 106 Å². The summed E-state index contributed by atoms with van der Waals surface area (Å²) in [4.78, 5) is 6.30. The van der Waals surface area contributed by atoms with Crippen LogP contribution in [0.5, 0.6) is 0 Å². The fourth-order valence-electron chi connectivity index (χ4n) is 1.73. The Kier molecular flexibility index (Phi) is 3.20. The molecule has 1 aromatic heterocycles. The molecule has 0 fully saturated rings. The van der Waals surface area contributed by atoms with E-state index in [-0.39, 0.29) is 0 Å². The molecule has 0 amide bonds. The van der Waals surface area contributed by atoms with E-state index in [2.05, 4.69) is 11.1 Å². The molecule has 5 heteroatoms. The third-order valence-electron chi connectivity index (χ3n) is 2.90. The standard InChI is InChI=1S/C13H15N5/c1-17-6-5-16-13(17)9-18(2)11-3-4-12(15)10(7-11)8-14/h3-7H,9,15H2,1-2H3. The lowest BCUT2D eigenvalue weighted by Crippen LogP contribution is -2.19. The van der Waals surface area contributed by atoms with Crippen LogP contribution in [0.1, 0.15) is 11.4 Å². The molecule has 2 N–H and O–H groups in total. The zero-order chi connectivity index (χ0) is 13.1. The average molecular weight is 241 g/mol. The zero-order valence-electron chi connectivity index (χ0n) is 10.5. The van der Waals surface area contributed by atoms with Gasteiger partial charge >= 0.3 is 0 Å². The van der Waals surface area contributed by atoms with E-state index < -0.39 is 0 Å². The van der Waals surface area contributed by atoms with Gasteiger partial charge in [0.25, 0.3) is 0 Å². The van der Waals surface area contributed by atoms with Crippen LogP contribution in [0.15, 0.2) is 30.6 Å². The average Bonchev–Trinajstić information content (AvgIpc) is 2.75. The van der Waals surface area contributed by atoms with Gasteiger partial charge in [-0.25, -0.2) is 4.98 Å². The number of rotatable bonds is 3. The van der Waals surface area contributed by atoms with Gasteiger partial charge in [0.15, 0.2) is 0 Å². The van der Waals surface area contributed by atoms with Crippen LogP contribution < -0.4 is 10.6 Å². The molecule has 1 aromatic carbocycles. The normalized spacial score (nSPS) is 10.1. The third kappa shape index (κ3) is 2.28. The second kappa shape index (κ2) is 4.80. The first-order valence-corrected chi connectivity index (χ1v) is 5.59. The van der Waals surface area contributed by atoms with E-state index in [1.54, 1.807) is 18.3 Å². The van der Waals surface area contributed by atoms with E-state index in [1.807, 2.05) is 35.8 Å². The molecule has 0 saturated heterocycles. The smallest absolute Gasteiger partial charge is 0.127 e. The topological polar surface area (TPSA) is 70.9 Å². The van der Waals surface area contributed by atoms with Crippen molar-refractivity contribution in [2.45, 2.75) is 6.54 Å². The van der Waals surface area contributed by atoms with Crippen LogP contribution in [0.25, 0.3) is 0 Å². The Morgan fingerprint density at radius 2 is 2.28 bits per heavy atom. The molecule has 0 atom stereocenters. The lowest BCUT2D eigenvalue weighted by atomic mass is 10.1. The maximum absolute atomic E-state index is 8.96. The van der Waals surface area contributed by atoms with Gasteiger partial charge in [0.05, 0.1) is 12.1 Å². The number of hydrogen-bond acceptors (Lipinski definition) is 4. The van der Waals surface area contributed by atoms with Crippen LogP contribution in [0, 0.1) is 11.3 Å². The summed E-state index contributed by atoms with van der Waals surface area (Å²) in [5.41, 5.74) is 7.66. The molecule has 18 heavy (non-hydrogen) atoms. The number of hydrogen-bond donors (Lipinski definition) is 1. The Balaban J connectivity index is 2.22. The van der Waals surface area contributed by atoms with Crippen molar-refractivity contribution in [1.82, 2.24) is 9.55 Å². The molecule has 0 spiro atoms. The van der Waals surface area contributed by atoms with Gasteiger partial charge in [-0.15, -0.1) is 0 Å². The minimum atomic E-state index is 0.499. The number of imidazole rings is 1. The molecule has 0 aliphatic rings. The minimum Gasteiger partial charge on any atom is -0.398 e. The molecule has 92 valence electrons. The van der Waals surface area contributed by atoms with Crippen LogP contribution in [0.2, 0.25) is 0 Å². The third-order valence-corrected chi connectivity index (χ3v) is 2.90. The van der Waals surface area contributed by atoms with Crippen molar-refractivity contribution in [3.05, 3.63) is 42.0 Å². The molecule has 0 saturated carbocycles. The van der Waals surface area contributed by atoms with Crippen LogP contribution in [0.3, 0.4) is 0 Å². The summed E-state index contributed by atoms with van der Waals surface area (Å²) in [7, 11) is 3.92. The molecular weight excluding hydrogens is 226 g/mol.